The number of ether oxygens (including phenoxy) is 3. The smallest absolute Gasteiger partial charge is 0.317 e. The van der Waals surface area contributed by atoms with Crippen molar-refractivity contribution >= 4 is 17.9 Å². The number of aromatic hydroxyl groups is 1. The van der Waals surface area contributed by atoms with Gasteiger partial charge in [0.15, 0.2) is 0 Å². The number of hydrogen-bond acceptors (Lipinski definition) is 9. The fraction of sp³-hybridized carbons (Fsp3) is 0.622. The Morgan fingerprint density at radius 2 is 1.22 bits per heavy atom. The van der Waals surface area contributed by atoms with Gasteiger partial charge < -0.3 is 23.7 Å². The van der Waals surface area contributed by atoms with E-state index in [0.717, 1.165) is 32.1 Å². The predicted molar refractivity (Wildman–Crippen MR) is 179 cm³/mol. The van der Waals surface area contributed by atoms with Crippen LogP contribution in [0.25, 0.3) is 0 Å². The molecule has 9 nitrogen and oxygen atoms in total. The van der Waals surface area contributed by atoms with Crippen LogP contribution >= 0.6 is 0 Å². The maximum atomic E-state index is 12.0. The third kappa shape index (κ3) is 12.0. The van der Waals surface area contributed by atoms with Gasteiger partial charge in [-0.3, -0.25) is 19.2 Å². The lowest BCUT2D eigenvalue weighted by molar-refractivity contribution is -0.170. The first kappa shape index (κ1) is 40.4. The minimum absolute atomic E-state index is 0.0194. The molecule has 0 unspecified atom stereocenters. The molecular formula is C37H56O9. The number of phenols is 1. The van der Waals surface area contributed by atoms with Crippen molar-refractivity contribution in [3.8, 4) is 17.2 Å². The van der Waals surface area contributed by atoms with Crippen molar-refractivity contribution in [3.63, 3.8) is 0 Å². The molecule has 2 aromatic rings. The highest BCUT2D eigenvalue weighted by molar-refractivity contribution is 5.79. The van der Waals surface area contributed by atoms with E-state index in [-0.39, 0.29) is 39.9 Å². The van der Waals surface area contributed by atoms with E-state index < -0.39 is 16.8 Å². The molecule has 1 aromatic carbocycles. The van der Waals surface area contributed by atoms with Crippen molar-refractivity contribution < 1.29 is 38.1 Å². The number of esters is 3. The van der Waals surface area contributed by atoms with E-state index >= 15 is 0 Å². The average molecular weight is 645 g/mol. The third-order valence-electron chi connectivity index (χ3n) is 9.03. The molecule has 1 aromatic heterocycles. The van der Waals surface area contributed by atoms with Crippen LogP contribution < -0.4 is 14.9 Å². The van der Waals surface area contributed by atoms with Gasteiger partial charge in [0, 0.05) is 6.07 Å². The second-order valence-corrected chi connectivity index (χ2v) is 13.8. The van der Waals surface area contributed by atoms with E-state index in [9.17, 15) is 19.2 Å². The van der Waals surface area contributed by atoms with Crippen LogP contribution in [0.2, 0.25) is 0 Å². The van der Waals surface area contributed by atoms with Crippen LogP contribution in [0.1, 0.15) is 126 Å². The van der Waals surface area contributed by atoms with E-state index in [1.54, 1.807) is 32.9 Å². The van der Waals surface area contributed by atoms with Crippen molar-refractivity contribution in [1.82, 2.24) is 0 Å². The van der Waals surface area contributed by atoms with E-state index in [0.29, 0.717) is 17.9 Å². The zero-order chi connectivity index (χ0) is 35.3. The summed E-state index contributed by atoms with van der Waals surface area (Å²) < 4.78 is 21.0. The first-order chi connectivity index (χ1) is 21.3. The Bertz CT molecular complexity index is 1330. The van der Waals surface area contributed by atoms with Crippen molar-refractivity contribution in [3.05, 3.63) is 52.6 Å². The number of phenolic OH excluding ortho intramolecular Hbond substituents is 1. The fourth-order valence-electron chi connectivity index (χ4n) is 3.93. The Balaban J connectivity index is 0.000000345. The van der Waals surface area contributed by atoms with E-state index in [1.165, 1.54) is 37.3 Å². The maximum Gasteiger partial charge on any atom is 0.317 e. The Hall–Kier alpha value is -3.62. The summed E-state index contributed by atoms with van der Waals surface area (Å²) in [7, 11) is 0. The standard InChI is InChI=1S/C13H24O2.C12H16O4.C12H16O3/c1-5-12(3,4)11(14)15-13(6-2)9-7-8-10-13;1-5-12(3,4)11(14)16-10-8(2)15-7-6-9(10)13;1-4-12(2,3)11(14)15-10-7-5-9(13)6-8-10/h5-10H2,1-4H3;6-7H,5H2,1-4H3;5-8,13H,4H2,1-3H3. The third-order valence-corrected chi connectivity index (χ3v) is 9.03. The molecule has 1 aliphatic carbocycles. The molecule has 0 saturated heterocycles. The number of carbonyl (C=O) groups is 3. The molecule has 3 rings (SSSR count). The minimum Gasteiger partial charge on any atom is -0.508 e. The largest absolute Gasteiger partial charge is 0.508 e. The lowest BCUT2D eigenvalue weighted by Gasteiger charge is -2.32. The molecule has 258 valence electrons. The van der Waals surface area contributed by atoms with Gasteiger partial charge in [0.05, 0.1) is 22.5 Å². The number of hydrogen-bond donors (Lipinski definition) is 1. The highest BCUT2D eigenvalue weighted by Gasteiger charge is 2.39. The van der Waals surface area contributed by atoms with E-state index in [2.05, 4.69) is 6.92 Å². The molecule has 1 N–H and O–H groups in total. The van der Waals surface area contributed by atoms with Crippen LogP contribution in [0.4, 0.5) is 0 Å². The summed E-state index contributed by atoms with van der Waals surface area (Å²) >= 11 is 0. The molecule has 0 amide bonds. The number of benzene rings is 1. The molecule has 46 heavy (non-hydrogen) atoms. The van der Waals surface area contributed by atoms with Gasteiger partial charge in [-0.05, 0) is 124 Å². The number of carbonyl (C=O) groups excluding carboxylic acids is 3. The lowest BCUT2D eigenvalue weighted by atomic mass is 9.89. The SMILES string of the molecule is CCC(C)(C)C(=O)Oc1c(C)occc1=O.CCC(C)(C)C(=O)Oc1ccc(O)cc1.CCC1(OC(=O)C(C)(C)CC)CCCC1. The Morgan fingerprint density at radius 1 is 0.761 bits per heavy atom. The van der Waals surface area contributed by atoms with Crippen LogP contribution in [0.15, 0.2) is 45.8 Å². The summed E-state index contributed by atoms with van der Waals surface area (Å²) in [6.07, 6.45) is 8.95. The Morgan fingerprint density at radius 3 is 1.65 bits per heavy atom. The van der Waals surface area contributed by atoms with Gasteiger partial charge in [-0.25, -0.2) is 0 Å². The van der Waals surface area contributed by atoms with Crippen molar-refractivity contribution in [2.24, 2.45) is 16.2 Å². The van der Waals surface area contributed by atoms with Crippen molar-refractivity contribution in [1.29, 1.82) is 0 Å². The summed E-state index contributed by atoms with van der Waals surface area (Å²) in [4.78, 5) is 46.9. The van der Waals surface area contributed by atoms with Gasteiger partial charge in [-0.2, -0.15) is 0 Å². The molecule has 1 fully saturated rings. The fourth-order valence-corrected chi connectivity index (χ4v) is 3.93. The molecular weight excluding hydrogens is 588 g/mol. The highest BCUT2D eigenvalue weighted by atomic mass is 16.6. The predicted octanol–water partition coefficient (Wildman–Crippen LogP) is 8.71. The van der Waals surface area contributed by atoms with Gasteiger partial charge in [-0.15, -0.1) is 0 Å². The Labute approximate surface area is 275 Å². The van der Waals surface area contributed by atoms with E-state index in [4.69, 9.17) is 23.7 Å². The van der Waals surface area contributed by atoms with Crippen LogP contribution in [0.5, 0.6) is 17.2 Å². The monoisotopic (exact) mass is 644 g/mol. The lowest BCUT2D eigenvalue weighted by Crippen LogP contribution is -2.37. The van der Waals surface area contributed by atoms with Crippen LogP contribution in [-0.2, 0) is 19.1 Å². The number of aryl methyl sites for hydroxylation is 1. The van der Waals surface area contributed by atoms with Gasteiger partial charge in [0.1, 0.15) is 22.9 Å². The Kier molecular flexibility index (Phi) is 15.2. The van der Waals surface area contributed by atoms with E-state index in [1.807, 2.05) is 48.5 Å². The average Bonchev–Trinajstić information content (AvgIpc) is 3.49. The normalized spacial score (nSPS) is 14.2. The first-order valence-electron chi connectivity index (χ1n) is 16.3. The molecule has 1 aliphatic rings. The topological polar surface area (TPSA) is 129 Å². The highest BCUT2D eigenvalue weighted by Crippen LogP contribution is 2.38. The van der Waals surface area contributed by atoms with Gasteiger partial charge in [0.25, 0.3) is 0 Å². The number of rotatable bonds is 10. The molecule has 1 heterocycles. The minimum atomic E-state index is -0.602. The molecule has 1 saturated carbocycles. The summed E-state index contributed by atoms with van der Waals surface area (Å²) in [5.74, 6) is 0.215. The van der Waals surface area contributed by atoms with Crippen molar-refractivity contribution in [2.75, 3.05) is 0 Å². The summed E-state index contributed by atoms with van der Waals surface area (Å²) in [5, 5.41) is 9.06. The molecule has 0 bridgehead atoms. The van der Waals surface area contributed by atoms with Gasteiger partial charge >= 0.3 is 17.9 Å². The molecule has 0 radical (unpaired) electrons. The zero-order valence-corrected chi connectivity index (χ0v) is 29.8. The first-order valence-corrected chi connectivity index (χ1v) is 16.3. The summed E-state index contributed by atoms with van der Waals surface area (Å²) in [6.45, 7) is 20.7. The van der Waals surface area contributed by atoms with Crippen LogP contribution in [0.3, 0.4) is 0 Å². The zero-order valence-electron chi connectivity index (χ0n) is 29.8. The quantitative estimate of drug-likeness (QED) is 0.199. The maximum absolute atomic E-state index is 12.0. The van der Waals surface area contributed by atoms with Gasteiger partial charge in [0.2, 0.25) is 11.2 Å². The summed E-state index contributed by atoms with van der Waals surface area (Å²) in [6, 6.07) is 7.34. The second-order valence-electron chi connectivity index (χ2n) is 13.8. The van der Waals surface area contributed by atoms with Crippen LogP contribution in [0, 0.1) is 23.2 Å². The molecule has 9 heteroatoms. The van der Waals surface area contributed by atoms with Crippen LogP contribution in [-0.4, -0.2) is 28.6 Å². The molecule has 0 aliphatic heterocycles. The summed E-state index contributed by atoms with van der Waals surface area (Å²) in [5.41, 5.74) is -1.88. The van der Waals surface area contributed by atoms with Crippen molar-refractivity contribution in [2.45, 2.75) is 133 Å². The molecule has 0 spiro atoms. The molecule has 0 atom stereocenters. The van der Waals surface area contributed by atoms with Gasteiger partial charge in [-0.1, -0.05) is 27.7 Å². The second kappa shape index (κ2) is 17.3.